The molecule has 2 atom stereocenters. The molecule has 1 N–H and O–H groups in total. The van der Waals surface area contributed by atoms with Gasteiger partial charge in [0.05, 0.1) is 19.1 Å². The van der Waals surface area contributed by atoms with Crippen LogP contribution in [0.2, 0.25) is 0 Å². The van der Waals surface area contributed by atoms with E-state index >= 15 is 0 Å². The summed E-state index contributed by atoms with van der Waals surface area (Å²) in [7, 11) is -2.31. The van der Waals surface area contributed by atoms with Crippen LogP contribution in [0.3, 0.4) is 0 Å². The third-order valence-electron chi connectivity index (χ3n) is 5.84. The Morgan fingerprint density at radius 3 is 2.31 bits per heavy atom. The number of benzene rings is 2. The Hall–Kier alpha value is -3.07. The van der Waals surface area contributed by atoms with E-state index in [1.165, 1.54) is 12.0 Å². The minimum atomic E-state index is -3.80. The molecular weight excluding hydrogens is 466 g/mol. The van der Waals surface area contributed by atoms with Crippen molar-refractivity contribution >= 4 is 27.5 Å². The molecule has 0 aromatic heterocycles. The van der Waals surface area contributed by atoms with E-state index in [9.17, 15) is 18.0 Å². The van der Waals surface area contributed by atoms with Crippen LogP contribution in [0.15, 0.2) is 48.5 Å². The van der Waals surface area contributed by atoms with Crippen LogP contribution in [0.4, 0.5) is 5.69 Å². The maximum absolute atomic E-state index is 13.7. The van der Waals surface area contributed by atoms with Gasteiger partial charge in [-0.3, -0.25) is 13.9 Å². The number of ether oxygens (including phenoxy) is 1. The molecule has 0 heterocycles. The molecule has 9 heteroatoms. The van der Waals surface area contributed by atoms with Crippen LogP contribution in [0, 0.1) is 6.92 Å². The Morgan fingerprint density at radius 2 is 1.74 bits per heavy atom. The smallest absolute Gasteiger partial charge is 0.244 e. The fraction of sp³-hybridized carbons (Fsp3) is 0.462. The Balaban J connectivity index is 2.45. The number of nitrogens with one attached hydrogen (secondary N) is 1. The lowest BCUT2D eigenvalue weighted by atomic mass is 10.1. The fourth-order valence-electron chi connectivity index (χ4n) is 3.75. The summed E-state index contributed by atoms with van der Waals surface area (Å²) in [5.41, 5.74) is 2.20. The zero-order chi connectivity index (χ0) is 26.2. The van der Waals surface area contributed by atoms with Gasteiger partial charge in [-0.25, -0.2) is 8.42 Å². The first-order valence-electron chi connectivity index (χ1n) is 11.8. The first-order valence-corrected chi connectivity index (χ1v) is 13.6. The van der Waals surface area contributed by atoms with E-state index in [1.807, 2.05) is 52.0 Å². The molecule has 2 unspecified atom stereocenters. The second-order valence-corrected chi connectivity index (χ2v) is 10.6. The highest BCUT2D eigenvalue weighted by atomic mass is 32.2. The van der Waals surface area contributed by atoms with Crippen LogP contribution in [0.5, 0.6) is 5.75 Å². The Labute approximate surface area is 209 Å². The minimum Gasteiger partial charge on any atom is -0.497 e. The summed E-state index contributed by atoms with van der Waals surface area (Å²) in [6.45, 7) is 7.42. The van der Waals surface area contributed by atoms with Gasteiger partial charge in [0.2, 0.25) is 21.8 Å². The molecule has 0 saturated carbocycles. The monoisotopic (exact) mass is 503 g/mol. The third-order valence-corrected chi connectivity index (χ3v) is 6.98. The molecule has 0 fully saturated rings. The number of nitrogens with zero attached hydrogens (tertiary/aromatic N) is 2. The average Bonchev–Trinajstić information content (AvgIpc) is 2.81. The Bertz CT molecular complexity index is 1120. The number of anilines is 1. The molecule has 2 amide bonds. The summed E-state index contributed by atoms with van der Waals surface area (Å²) < 4.78 is 31.6. The molecular formula is C26H37N3O5S. The summed E-state index contributed by atoms with van der Waals surface area (Å²) in [5.74, 6) is -0.249. The van der Waals surface area contributed by atoms with Gasteiger partial charge in [-0.15, -0.1) is 0 Å². The van der Waals surface area contributed by atoms with Crippen molar-refractivity contribution in [3.05, 3.63) is 59.7 Å². The number of hydrogen-bond acceptors (Lipinski definition) is 5. The number of carbonyl (C=O) groups is 2. The van der Waals surface area contributed by atoms with Crippen molar-refractivity contribution in [2.45, 2.75) is 59.2 Å². The number of aryl methyl sites for hydroxylation is 1. The molecule has 2 rings (SSSR count). The zero-order valence-electron chi connectivity index (χ0n) is 21.4. The molecule has 8 nitrogen and oxygen atoms in total. The van der Waals surface area contributed by atoms with Gasteiger partial charge in [0.15, 0.2) is 0 Å². The molecule has 2 aromatic carbocycles. The van der Waals surface area contributed by atoms with Crippen molar-refractivity contribution in [2.75, 3.05) is 24.2 Å². The second kappa shape index (κ2) is 12.6. The van der Waals surface area contributed by atoms with Gasteiger partial charge in [-0.1, -0.05) is 49.7 Å². The fourth-order valence-corrected chi connectivity index (χ4v) is 4.59. The zero-order valence-corrected chi connectivity index (χ0v) is 22.3. The maximum Gasteiger partial charge on any atom is 0.244 e. The maximum atomic E-state index is 13.7. The lowest BCUT2D eigenvalue weighted by Crippen LogP contribution is -2.53. The first kappa shape index (κ1) is 28.2. The van der Waals surface area contributed by atoms with E-state index in [4.69, 9.17) is 4.74 Å². The summed E-state index contributed by atoms with van der Waals surface area (Å²) in [6, 6.07) is 13.4. The molecule has 2 aromatic rings. The number of sulfonamides is 1. The van der Waals surface area contributed by atoms with Crippen molar-refractivity contribution in [2.24, 2.45) is 0 Å². The summed E-state index contributed by atoms with van der Waals surface area (Å²) in [4.78, 5) is 28.3. The van der Waals surface area contributed by atoms with Crippen LogP contribution in [-0.2, 0) is 26.2 Å². The number of hydrogen-bond donors (Lipinski definition) is 1. The van der Waals surface area contributed by atoms with E-state index in [0.29, 0.717) is 17.9 Å². The number of rotatable bonds is 12. The van der Waals surface area contributed by atoms with Crippen LogP contribution >= 0.6 is 0 Å². The molecule has 0 radical (unpaired) electrons. The van der Waals surface area contributed by atoms with Crippen LogP contribution in [0.25, 0.3) is 0 Å². The predicted octanol–water partition coefficient (Wildman–Crippen LogP) is 3.49. The normalized spacial score (nSPS) is 13.0. The van der Waals surface area contributed by atoms with Crippen LogP contribution in [-0.4, -0.2) is 57.1 Å². The Morgan fingerprint density at radius 1 is 1.06 bits per heavy atom. The van der Waals surface area contributed by atoms with Crippen molar-refractivity contribution < 1.29 is 22.7 Å². The standard InChI is InChI=1S/C26H37N3O5S/c1-7-20(4)27-26(31)24(8-2)28(17-21-12-9-11-19(3)15-21)25(30)18-29(35(6,32)33)22-13-10-14-23(16-22)34-5/h9-16,20,24H,7-8,17-18H2,1-6H3,(H,27,31). The topological polar surface area (TPSA) is 96.0 Å². The lowest BCUT2D eigenvalue weighted by molar-refractivity contribution is -0.140. The van der Waals surface area contributed by atoms with Crippen molar-refractivity contribution in [3.8, 4) is 5.75 Å². The van der Waals surface area contributed by atoms with E-state index in [0.717, 1.165) is 28.1 Å². The highest BCUT2D eigenvalue weighted by molar-refractivity contribution is 7.92. The molecule has 35 heavy (non-hydrogen) atoms. The first-order chi connectivity index (χ1) is 16.5. The average molecular weight is 504 g/mol. The van der Waals surface area contributed by atoms with Gasteiger partial charge in [-0.2, -0.15) is 0 Å². The van der Waals surface area contributed by atoms with Gasteiger partial charge >= 0.3 is 0 Å². The molecule has 192 valence electrons. The largest absolute Gasteiger partial charge is 0.497 e. The van der Waals surface area contributed by atoms with Gasteiger partial charge in [-0.05, 0) is 44.4 Å². The quantitative estimate of drug-likeness (QED) is 0.478. The minimum absolute atomic E-state index is 0.0447. The van der Waals surface area contributed by atoms with Gasteiger partial charge < -0.3 is 15.0 Å². The Kier molecular flexibility index (Phi) is 10.1. The SMILES string of the molecule is CCC(C)NC(=O)C(CC)N(Cc1cccc(C)c1)C(=O)CN(c1cccc(OC)c1)S(C)(=O)=O. The van der Waals surface area contributed by atoms with Crippen molar-refractivity contribution in [1.82, 2.24) is 10.2 Å². The van der Waals surface area contributed by atoms with Crippen LogP contribution < -0.4 is 14.4 Å². The summed E-state index contributed by atoms with van der Waals surface area (Å²) in [6.07, 6.45) is 2.20. The van der Waals surface area contributed by atoms with E-state index < -0.39 is 28.5 Å². The van der Waals surface area contributed by atoms with Gasteiger partial charge in [0.25, 0.3) is 0 Å². The molecule has 0 aliphatic carbocycles. The van der Waals surface area contributed by atoms with E-state index in [1.54, 1.807) is 24.3 Å². The molecule has 0 saturated heterocycles. The highest BCUT2D eigenvalue weighted by Crippen LogP contribution is 2.24. The summed E-state index contributed by atoms with van der Waals surface area (Å²) >= 11 is 0. The van der Waals surface area contributed by atoms with Gasteiger partial charge in [0, 0.05) is 18.7 Å². The molecule has 0 spiro atoms. The van der Waals surface area contributed by atoms with Crippen molar-refractivity contribution in [1.29, 1.82) is 0 Å². The molecule has 0 aliphatic heterocycles. The van der Waals surface area contributed by atoms with Gasteiger partial charge in [0.1, 0.15) is 18.3 Å². The highest BCUT2D eigenvalue weighted by Gasteiger charge is 2.32. The lowest BCUT2D eigenvalue weighted by Gasteiger charge is -2.33. The molecule has 0 bridgehead atoms. The van der Waals surface area contributed by atoms with E-state index in [2.05, 4.69) is 5.32 Å². The molecule has 0 aliphatic rings. The number of methoxy groups -OCH3 is 1. The van der Waals surface area contributed by atoms with E-state index in [-0.39, 0.29) is 18.5 Å². The number of carbonyl (C=O) groups excluding carboxylic acids is 2. The van der Waals surface area contributed by atoms with Crippen LogP contribution in [0.1, 0.15) is 44.7 Å². The number of amides is 2. The summed E-state index contributed by atoms with van der Waals surface area (Å²) in [5, 5.41) is 2.96. The second-order valence-electron chi connectivity index (χ2n) is 8.72. The third kappa shape index (κ3) is 7.99. The van der Waals surface area contributed by atoms with Crippen molar-refractivity contribution in [3.63, 3.8) is 0 Å². The predicted molar refractivity (Wildman–Crippen MR) is 139 cm³/mol.